The van der Waals surface area contributed by atoms with Gasteiger partial charge in [0.2, 0.25) is 5.28 Å². The van der Waals surface area contributed by atoms with E-state index in [1.54, 1.807) is 23.0 Å². The molecule has 132 valence electrons. The van der Waals surface area contributed by atoms with Gasteiger partial charge in [-0.05, 0) is 48.7 Å². The fourth-order valence-corrected chi connectivity index (χ4v) is 2.94. The second-order valence-electron chi connectivity index (χ2n) is 5.85. The molecular formula is C18H16Cl2N6. The third-order valence-corrected chi connectivity index (χ3v) is 4.40. The first kappa shape index (κ1) is 18.3. The van der Waals surface area contributed by atoms with Crippen LogP contribution in [0.4, 0.5) is 0 Å². The van der Waals surface area contributed by atoms with Crippen molar-refractivity contribution in [1.29, 1.82) is 5.26 Å². The molecule has 0 saturated heterocycles. The highest BCUT2D eigenvalue weighted by atomic mass is 35.5. The molecular weight excluding hydrogens is 371 g/mol. The Balaban J connectivity index is 1.61. The summed E-state index contributed by atoms with van der Waals surface area (Å²) in [6.07, 6.45) is 5.00. The van der Waals surface area contributed by atoms with E-state index in [9.17, 15) is 0 Å². The highest BCUT2D eigenvalue weighted by Gasteiger charge is 2.09. The lowest BCUT2D eigenvalue weighted by Crippen LogP contribution is -2.27. The minimum Gasteiger partial charge on any atom is -0.326 e. The molecule has 0 unspecified atom stereocenters. The van der Waals surface area contributed by atoms with Gasteiger partial charge in [0.15, 0.2) is 0 Å². The first-order valence-corrected chi connectivity index (χ1v) is 8.77. The Morgan fingerprint density at radius 3 is 2.81 bits per heavy atom. The van der Waals surface area contributed by atoms with Crippen molar-refractivity contribution in [3.05, 3.63) is 64.3 Å². The first-order chi connectivity index (χ1) is 12.5. The summed E-state index contributed by atoms with van der Waals surface area (Å²) in [5.41, 5.74) is 9.16. The lowest BCUT2D eigenvalue weighted by molar-refractivity contribution is 0.485. The summed E-state index contributed by atoms with van der Waals surface area (Å²) in [6, 6.07) is 11.0. The zero-order chi connectivity index (χ0) is 18.5. The number of aromatic nitrogens is 4. The number of benzene rings is 1. The summed E-state index contributed by atoms with van der Waals surface area (Å²) in [4.78, 5) is 8.02. The van der Waals surface area contributed by atoms with E-state index in [1.807, 2.05) is 30.5 Å². The summed E-state index contributed by atoms with van der Waals surface area (Å²) >= 11 is 11.9. The van der Waals surface area contributed by atoms with Crippen molar-refractivity contribution in [3.63, 3.8) is 0 Å². The van der Waals surface area contributed by atoms with E-state index in [1.165, 1.54) is 0 Å². The molecule has 0 aliphatic carbocycles. The predicted octanol–water partition coefficient (Wildman–Crippen LogP) is 3.48. The molecule has 1 aromatic carbocycles. The molecule has 6 nitrogen and oxygen atoms in total. The fraction of sp³-hybridized carbons (Fsp3) is 0.222. The third-order valence-electron chi connectivity index (χ3n) is 3.90. The van der Waals surface area contributed by atoms with Crippen molar-refractivity contribution >= 4 is 23.2 Å². The van der Waals surface area contributed by atoms with Gasteiger partial charge in [-0.25, -0.2) is 9.97 Å². The van der Waals surface area contributed by atoms with Crippen LogP contribution >= 0.6 is 23.2 Å². The molecule has 8 heteroatoms. The second-order valence-corrected chi connectivity index (χ2v) is 6.59. The van der Waals surface area contributed by atoms with Gasteiger partial charge in [0.05, 0.1) is 22.8 Å². The van der Waals surface area contributed by atoms with E-state index in [-0.39, 0.29) is 11.3 Å². The Kier molecular flexibility index (Phi) is 5.84. The molecule has 0 spiro atoms. The molecule has 0 fully saturated rings. The molecule has 1 atom stereocenters. The Morgan fingerprint density at radius 1 is 1.23 bits per heavy atom. The molecule has 0 radical (unpaired) electrons. The summed E-state index contributed by atoms with van der Waals surface area (Å²) in [5, 5.41) is 14.1. The monoisotopic (exact) mass is 386 g/mol. The fourth-order valence-electron chi connectivity index (χ4n) is 2.56. The molecule has 3 rings (SSSR count). The average molecular weight is 387 g/mol. The number of nitrogens with zero attached hydrogens (tertiary/aromatic N) is 5. The largest absolute Gasteiger partial charge is 0.326 e. The zero-order valence-electron chi connectivity index (χ0n) is 13.8. The highest BCUT2D eigenvalue weighted by Crippen LogP contribution is 2.24. The number of aryl methyl sites for hydroxylation is 1. The van der Waals surface area contributed by atoms with E-state index in [0.29, 0.717) is 17.1 Å². The lowest BCUT2D eigenvalue weighted by Gasteiger charge is -2.11. The van der Waals surface area contributed by atoms with Gasteiger partial charge in [0.25, 0.3) is 0 Å². The van der Waals surface area contributed by atoms with Crippen LogP contribution < -0.4 is 5.73 Å². The highest BCUT2D eigenvalue weighted by molar-refractivity contribution is 6.32. The van der Waals surface area contributed by atoms with Crippen LogP contribution in [0.15, 0.2) is 42.7 Å². The number of halogens is 2. The van der Waals surface area contributed by atoms with E-state index in [0.717, 1.165) is 29.8 Å². The summed E-state index contributed by atoms with van der Waals surface area (Å²) in [5.74, 6) is 0. The van der Waals surface area contributed by atoms with Crippen molar-refractivity contribution < 1.29 is 0 Å². The molecule has 2 aromatic heterocycles. The van der Waals surface area contributed by atoms with E-state index >= 15 is 0 Å². The maximum Gasteiger partial charge on any atom is 0.222 e. The SMILES string of the molecule is N#Cc1ccc(-c2ccn(C[C@H](N)CCc3ccnc(Cl)n3)n2)cc1Cl. The topological polar surface area (TPSA) is 93.4 Å². The van der Waals surface area contributed by atoms with Crippen LogP contribution in [0, 0.1) is 11.3 Å². The van der Waals surface area contributed by atoms with Crippen molar-refractivity contribution in [2.24, 2.45) is 5.73 Å². The summed E-state index contributed by atoms with van der Waals surface area (Å²) in [7, 11) is 0. The van der Waals surface area contributed by atoms with Crippen LogP contribution in [0.25, 0.3) is 11.3 Å². The number of hydrogen-bond donors (Lipinski definition) is 1. The van der Waals surface area contributed by atoms with Gasteiger partial charge in [0.1, 0.15) is 6.07 Å². The van der Waals surface area contributed by atoms with Gasteiger partial charge in [-0.15, -0.1) is 0 Å². The normalized spacial score (nSPS) is 11.9. The van der Waals surface area contributed by atoms with E-state index in [4.69, 9.17) is 34.2 Å². The van der Waals surface area contributed by atoms with Crippen LogP contribution in [0.3, 0.4) is 0 Å². The van der Waals surface area contributed by atoms with Crippen LogP contribution in [-0.2, 0) is 13.0 Å². The zero-order valence-corrected chi connectivity index (χ0v) is 15.3. The average Bonchev–Trinajstić information content (AvgIpc) is 3.08. The minimum absolute atomic E-state index is 0.0685. The number of nitriles is 1. The molecule has 0 bridgehead atoms. The van der Waals surface area contributed by atoms with Crippen molar-refractivity contribution in [2.45, 2.75) is 25.4 Å². The first-order valence-electron chi connectivity index (χ1n) is 8.01. The van der Waals surface area contributed by atoms with Crippen LogP contribution in [-0.4, -0.2) is 25.8 Å². The van der Waals surface area contributed by atoms with E-state index in [2.05, 4.69) is 15.1 Å². The smallest absolute Gasteiger partial charge is 0.222 e. The second kappa shape index (κ2) is 8.28. The van der Waals surface area contributed by atoms with Gasteiger partial charge >= 0.3 is 0 Å². The van der Waals surface area contributed by atoms with Gasteiger partial charge in [-0.2, -0.15) is 10.4 Å². The standard InChI is InChI=1S/C18H16Cl2N6/c19-16-9-12(1-2-13(16)10-21)17-6-8-26(25-17)11-14(22)3-4-15-5-7-23-18(20)24-15/h1-2,5-9,14H,3-4,11,22H2/t14-/m1/s1. The van der Waals surface area contributed by atoms with Gasteiger partial charge in [-0.1, -0.05) is 17.7 Å². The molecule has 0 aliphatic rings. The summed E-state index contributed by atoms with van der Waals surface area (Å²) in [6.45, 7) is 0.586. The minimum atomic E-state index is -0.0685. The molecule has 0 aliphatic heterocycles. The van der Waals surface area contributed by atoms with Crippen LogP contribution in [0.5, 0.6) is 0 Å². The van der Waals surface area contributed by atoms with Gasteiger partial charge in [-0.3, -0.25) is 4.68 Å². The number of rotatable bonds is 6. The maximum atomic E-state index is 8.95. The Morgan fingerprint density at radius 2 is 2.08 bits per heavy atom. The Hall–Kier alpha value is -2.46. The quantitative estimate of drug-likeness (QED) is 0.654. The predicted molar refractivity (Wildman–Crippen MR) is 101 cm³/mol. The molecule has 0 amide bonds. The number of nitrogens with two attached hydrogens (primary N) is 1. The molecule has 0 saturated carbocycles. The molecule has 2 N–H and O–H groups in total. The van der Waals surface area contributed by atoms with Crippen molar-refractivity contribution in [3.8, 4) is 17.3 Å². The van der Waals surface area contributed by atoms with Gasteiger partial charge < -0.3 is 5.73 Å². The van der Waals surface area contributed by atoms with Crippen molar-refractivity contribution in [2.75, 3.05) is 0 Å². The lowest BCUT2D eigenvalue weighted by atomic mass is 10.1. The van der Waals surface area contributed by atoms with Crippen LogP contribution in [0.2, 0.25) is 10.3 Å². The van der Waals surface area contributed by atoms with Crippen molar-refractivity contribution in [1.82, 2.24) is 19.7 Å². The van der Waals surface area contributed by atoms with E-state index < -0.39 is 0 Å². The van der Waals surface area contributed by atoms with Crippen LogP contribution in [0.1, 0.15) is 17.7 Å². The Bertz CT molecular complexity index is 947. The molecule has 26 heavy (non-hydrogen) atoms. The number of hydrogen-bond acceptors (Lipinski definition) is 5. The van der Waals surface area contributed by atoms with Gasteiger partial charge in [0, 0.05) is 29.7 Å². The summed E-state index contributed by atoms with van der Waals surface area (Å²) < 4.78 is 1.80. The molecule has 3 aromatic rings. The Labute approximate surface area is 161 Å². The third kappa shape index (κ3) is 4.58. The maximum absolute atomic E-state index is 8.95. The molecule has 2 heterocycles.